The normalized spacial score (nSPS) is 13.0. The first-order valence-corrected chi connectivity index (χ1v) is 6.65. The van der Waals surface area contributed by atoms with E-state index in [1.54, 1.807) is 0 Å². The molecule has 0 radical (unpaired) electrons. The molecule has 1 atom stereocenters. The van der Waals surface area contributed by atoms with Crippen LogP contribution in [0.25, 0.3) is 0 Å². The van der Waals surface area contributed by atoms with Crippen LogP contribution in [0.1, 0.15) is 37.0 Å². The molecule has 0 aromatic carbocycles. The summed E-state index contributed by atoms with van der Waals surface area (Å²) in [6, 6.07) is 0.0728. The van der Waals surface area contributed by atoms with Crippen molar-refractivity contribution >= 4 is 11.6 Å². The van der Waals surface area contributed by atoms with Gasteiger partial charge in [-0.15, -0.1) is 0 Å². The van der Waals surface area contributed by atoms with E-state index in [1.165, 1.54) is 0 Å². The Hall–Kier alpha value is -1.56. The fourth-order valence-electron chi connectivity index (χ4n) is 1.88. The molecule has 1 rings (SSSR count). The van der Waals surface area contributed by atoms with E-state index >= 15 is 0 Å². The predicted octanol–water partition coefficient (Wildman–Crippen LogP) is 0.870. The highest BCUT2D eigenvalue weighted by Crippen LogP contribution is 2.15. The number of aromatic nitrogens is 2. The molecule has 6 heteroatoms. The van der Waals surface area contributed by atoms with Gasteiger partial charge in [0.1, 0.15) is 0 Å². The van der Waals surface area contributed by atoms with Crippen LogP contribution < -0.4 is 11.1 Å². The van der Waals surface area contributed by atoms with E-state index in [0.717, 1.165) is 18.7 Å². The van der Waals surface area contributed by atoms with Crippen molar-refractivity contribution < 1.29 is 4.79 Å². The second kappa shape index (κ2) is 6.56. The number of H-pyrrole nitrogens is 1. The zero-order valence-electron chi connectivity index (χ0n) is 12.4. The number of carbonyl (C=O) groups is 1. The van der Waals surface area contributed by atoms with Gasteiger partial charge in [-0.2, -0.15) is 5.10 Å². The summed E-state index contributed by atoms with van der Waals surface area (Å²) < 4.78 is 0. The van der Waals surface area contributed by atoms with Crippen molar-refractivity contribution in [2.24, 2.45) is 5.92 Å². The zero-order chi connectivity index (χ0) is 14.6. The highest BCUT2D eigenvalue weighted by Gasteiger charge is 2.22. The lowest BCUT2D eigenvalue weighted by molar-refractivity contribution is 0.0912. The van der Waals surface area contributed by atoms with Crippen molar-refractivity contribution in [2.75, 3.05) is 26.4 Å². The van der Waals surface area contributed by atoms with E-state index < -0.39 is 0 Å². The molecule has 0 saturated carbocycles. The third-order valence-corrected chi connectivity index (χ3v) is 3.13. The van der Waals surface area contributed by atoms with Crippen LogP contribution in [0.4, 0.5) is 5.69 Å². The summed E-state index contributed by atoms with van der Waals surface area (Å²) in [6.07, 6.45) is 0.734. The maximum absolute atomic E-state index is 12.2. The fourth-order valence-corrected chi connectivity index (χ4v) is 1.88. The lowest BCUT2D eigenvalue weighted by Crippen LogP contribution is -2.45. The molecular weight excluding hydrogens is 242 g/mol. The molecule has 1 amide bonds. The molecule has 1 aromatic heterocycles. The first kappa shape index (κ1) is 15.5. The van der Waals surface area contributed by atoms with E-state index in [9.17, 15) is 4.79 Å². The van der Waals surface area contributed by atoms with Gasteiger partial charge in [0, 0.05) is 12.6 Å². The number of likely N-dealkylation sites (N-methyl/N-ethyl adjacent to an activating group) is 1. The number of nitrogens with one attached hydrogen (secondary N) is 2. The Kier molecular flexibility index (Phi) is 5.35. The van der Waals surface area contributed by atoms with Gasteiger partial charge in [0.25, 0.3) is 5.91 Å². The molecular formula is C13H25N5O. The number of nitrogens with two attached hydrogens (primary N) is 1. The first-order chi connectivity index (χ1) is 8.86. The summed E-state index contributed by atoms with van der Waals surface area (Å²) in [6.45, 7) is 6.92. The first-order valence-electron chi connectivity index (χ1n) is 6.65. The minimum atomic E-state index is -0.214. The molecule has 0 saturated heterocycles. The fraction of sp³-hybridized carbons (Fsp3) is 0.692. The van der Waals surface area contributed by atoms with Crippen molar-refractivity contribution in [1.29, 1.82) is 0 Å². The molecule has 0 spiro atoms. The van der Waals surface area contributed by atoms with Crippen LogP contribution in [0.15, 0.2) is 0 Å². The van der Waals surface area contributed by atoms with E-state index in [1.807, 2.05) is 21.0 Å². The van der Waals surface area contributed by atoms with Gasteiger partial charge in [0.05, 0.1) is 11.4 Å². The molecule has 0 aliphatic carbocycles. The Labute approximate surface area is 114 Å². The molecule has 0 bridgehead atoms. The average molecular weight is 267 g/mol. The number of carbonyl (C=O) groups excluding carboxylic acids is 1. The van der Waals surface area contributed by atoms with Crippen LogP contribution in [-0.4, -0.2) is 47.7 Å². The highest BCUT2D eigenvalue weighted by molar-refractivity contribution is 5.97. The largest absolute Gasteiger partial charge is 0.395 e. The number of anilines is 1. The topological polar surface area (TPSA) is 87.0 Å². The maximum Gasteiger partial charge on any atom is 0.274 e. The van der Waals surface area contributed by atoms with Gasteiger partial charge < -0.3 is 16.0 Å². The number of hydrogen-bond donors (Lipinski definition) is 3. The summed E-state index contributed by atoms with van der Waals surface area (Å²) in [5, 5.41) is 9.80. The van der Waals surface area contributed by atoms with E-state index in [0.29, 0.717) is 17.3 Å². The molecule has 4 N–H and O–H groups in total. The van der Waals surface area contributed by atoms with Crippen LogP contribution in [0, 0.1) is 5.92 Å². The zero-order valence-corrected chi connectivity index (χ0v) is 12.4. The summed E-state index contributed by atoms with van der Waals surface area (Å²) in [5.74, 6) is 0.131. The predicted molar refractivity (Wildman–Crippen MR) is 77.0 cm³/mol. The lowest BCUT2D eigenvalue weighted by Gasteiger charge is -2.25. The van der Waals surface area contributed by atoms with Gasteiger partial charge in [-0.3, -0.25) is 9.89 Å². The van der Waals surface area contributed by atoms with Gasteiger partial charge in [-0.25, -0.2) is 0 Å². The Morgan fingerprint density at radius 1 is 1.47 bits per heavy atom. The Morgan fingerprint density at radius 3 is 2.53 bits per heavy atom. The van der Waals surface area contributed by atoms with Crippen molar-refractivity contribution in [3.05, 3.63) is 11.4 Å². The third kappa shape index (κ3) is 3.96. The standard InChI is InChI=1S/C13H25N5O/c1-6-9-11(14)12(17-16-9)13(19)15-10(8(2)3)7-18(4)5/h8,10H,6-7,14H2,1-5H3,(H,15,19)(H,16,17). The molecule has 0 aliphatic heterocycles. The molecule has 19 heavy (non-hydrogen) atoms. The Balaban J connectivity index is 2.79. The van der Waals surface area contributed by atoms with Gasteiger partial charge in [-0.05, 0) is 26.4 Å². The second-order valence-electron chi connectivity index (χ2n) is 5.40. The van der Waals surface area contributed by atoms with Crippen LogP contribution in [0.3, 0.4) is 0 Å². The van der Waals surface area contributed by atoms with Gasteiger partial charge in [0.15, 0.2) is 5.69 Å². The number of rotatable bonds is 6. The summed E-state index contributed by atoms with van der Waals surface area (Å²) in [7, 11) is 3.97. The number of amides is 1. The number of nitrogens with zero attached hydrogens (tertiary/aromatic N) is 2. The van der Waals surface area contributed by atoms with Crippen LogP contribution in [0.5, 0.6) is 0 Å². The SMILES string of the molecule is CCc1[nH]nc(C(=O)NC(CN(C)C)C(C)C)c1N. The van der Waals surface area contributed by atoms with E-state index in [4.69, 9.17) is 5.73 Å². The summed E-state index contributed by atoms with van der Waals surface area (Å²) in [4.78, 5) is 14.3. The van der Waals surface area contributed by atoms with E-state index in [-0.39, 0.29) is 11.9 Å². The molecule has 6 nitrogen and oxygen atoms in total. The molecule has 0 fully saturated rings. The Morgan fingerprint density at radius 2 is 2.11 bits per heavy atom. The molecule has 0 aliphatic rings. The minimum absolute atomic E-state index is 0.0728. The minimum Gasteiger partial charge on any atom is -0.395 e. The van der Waals surface area contributed by atoms with Crippen LogP contribution in [0.2, 0.25) is 0 Å². The summed E-state index contributed by atoms with van der Waals surface area (Å²) in [5.41, 5.74) is 7.45. The second-order valence-corrected chi connectivity index (χ2v) is 5.40. The third-order valence-electron chi connectivity index (χ3n) is 3.13. The molecule has 1 aromatic rings. The van der Waals surface area contributed by atoms with E-state index in [2.05, 4.69) is 34.3 Å². The molecule has 1 unspecified atom stereocenters. The van der Waals surface area contributed by atoms with Crippen LogP contribution in [-0.2, 0) is 6.42 Å². The van der Waals surface area contributed by atoms with Crippen LogP contribution >= 0.6 is 0 Å². The maximum atomic E-state index is 12.2. The molecule has 108 valence electrons. The van der Waals surface area contributed by atoms with Crippen molar-refractivity contribution in [3.63, 3.8) is 0 Å². The van der Waals surface area contributed by atoms with Gasteiger partial charge in [-0.1, -0.05) is 20.8 Å². The average Bonchev–Trinajstić information content (AvgIpc) is 2.68. The Bertz CT molecular complexity index is 425. The monoisotopic (exact) mass is 267 g/mol. The van der Waals surface area contributed by atoms with Crippen molar-refractivity contribution in [3.8, 4) is 0 Å². The lowest BCUT2D eigenvalue weighted by atomic mass is 10.0. The number of aryl methyl sites for hydroxylation is 1. The van der Waals surface area contributed by atoms with Crippen molar-refractivity contribution in [1.82, 2.24) is 20.4 Å². The van der Waals surface area contributed by atoms with Gasteiger partial charge >= 0.3 is 0 Å². The number of aromatic amines is 1. The quantitative estimate of drug-likeness (QED) is 0.714. The van der Waals surface area contributed by atoms with Gasteiger partial charge in [0.2, 0.25) is 0 Å². The number of hydrogen-bond acceptors (Lipinski definition) is 4. The number of nitrogen functional groups attached to an aromatic ring is 1. The molecule has 1 heterocycles. The van der Waals surface area contributed by atoms with Crippen molar-refractivity contribution in [2.45, 2.75) is 33.2 Å². The smallest absolute Gasteiger partial charge is 0.274 e. The summed E-state index contributed by atoms with van der Waals surface area (Å²) >= 11 is 0. The highest BCUT2D eigenvalue weighted by atomic mass is 16.2.